The van der Waals surface area contributed by atoms with Crippen molar-refractivity contribution < 1.29 is 14.7 Å². The topological polar surface area (TPSA) is 78.4 Å². The van der Waals surface area contributed by atoms with Crippen LogP contribution in [0.1, 0.15) is 31.2 Å². The first-order chi connectivity index (χ1) is 9.56. The van der Waals surface area contributed by atoms with E-state index in [0.29, 0.717) is 18.5 Å². The van der Waals surface area contributed by atoms with Crippen LogP contribution in [0.2, 0.25) is 0 Å². The van der Waals surface area contributed by atoms with Gasteiger partial charge in [-0.25, -0.2) is 0 Å². The van der Waals surface area contributed by atoms with Crippen molar-refractivity contribution in [1.29, 1.82) is 0 Å². The lowest BCUT2D eigenvalue weighted by Crippen LogP contribution is -2.48. The number of amides is 2. The minimum absolute atomic E-state index is 0.319. The van der Waals surface area contributed by atoms with Crippen molar-refractivity contribution in [2.24, 2.45) is 0 Å². The summed E-state index contributed by atoms with van der Waals surface area (Å²) in [6.45, 7) is 1.95. The molecule has 0 spiro atoms. The van der Waals surface area contributed by atoms with E-state index < -0.39 is 17.9 Å². The molecule has 1 aliphatic rings. The summed E-state index contributed by atoms with van der Waals surface area (Å²) in [5.74, 6) is -1.40. The van der Waals surface area contributed by atoms with E-state index in [1.165, 1.54) is 0 Å². The summed E-state index contributed by atoms with van der Waals surface area (Å²) in [5.41, 5.74) is 1.66. The highest BCUT2D eigenvalue weighted by atomic mass is 16.3. The first-order valence-electron chi connectivity index (χ1n) is 6.93. The van der Waals surface area contributed by atoms with E-state index in [-0.39, 0.29) is 6.04 Å². The zero-order valence-corrected chi connectivity index (χ0v) is 11.6. The van der Waals surface area contributed by atoms with Crippen molar-refractivity contribution in [3.05, 3.63) is 29.8 Å². The van der Waals surface area contributed by atoms with Crippen molar-refractivity contribution >= 4 is 17.5 Å². The van der Waals surface area contributed by atoms with Gasteiger partial charge in [-0.15, -0.1) is 0 Å². The molecule has 0 aromatic heterocycles. The van der Waals surface area contributed by atoms with Crippen LogP contribution in [0.25, 0.3) is 0 Å². The Bertz CT molecular complexity index is 484. The third-order valence-corrected chi connectivity index (χ3v) is 3.56. The molecule has 1 aromatic carbocycles. The normalized spacial score (nSPS) is 22.1. The van der Waals surface area contributed by atoms with Crippen LogP contribution in [0, 0.1) is 6.92 Å². The molecule has 1 saturated carbocycles. The molecular weight excluding hydrogens is 256 g/mol. The van der Waals surface area contributed by atoms with Gasteiger partial charge in [0.1, 0.15) is 0 Å². The molecule has 2 atom stereocenters. The minimum atomic E-state index is -0.702. The number of aliphatic hydroxyl groups is 1. The van der Waals surface area contributed by atoms with Gasteiger partial charge in [0, 0.05) is 5.69 Å². The molecule has 5 heteroatoms. The molecule has 0 unspecified atom stereocenters. The van der Waals surface area contributed by atoms with Crippen molar-refractivity contribution in [1.82, 2.24) is 5.32 Å². The number of benzene rings is 1. The average Bonchev–Trinajstić information content (AvgIpc) is 2.44. The van der Waals surface area contributed by atoms with Gasteiger partial charge < -0.3 is 15.7 Å². The highest BCUT2D eigenvalue weighted by Gasteiger charge is 2.26. The minimum Gasteiger partial charge on any atom is -0.391 e. The second-order valence-electron chi connectivity index (χ2n) is 5.25. The number of hydrogen-bond acceptors (Lipinski definition) is 3. The first kappa shape index (κ1) is 14.5. The predicted octanol–water partition coefficient (Wildman–Crippen LogP) is 1.35. The Morgan fingerprint density at radius 2 is 1.75 bits per heavy atom. The fraction of sp³-hybridized carbons (Fsp3) is 0.467. The van der Waals surface area contributed by atoms with Crippen LogP contribution in [0.15, 0.2) is 24.3 Å². The monoisotopic (exact) mass is 276 g/mol. The molecule has 0 radical (unpaired) electrons. The van der Waals surface area contributed by atoms with E-state index >= 15 is 0 Å². The summed E-state index contributed by atoms with van der Waals surface area (Å²) in [5, 5.41) is 14.9. The molecule has 108 valence electrons. The van der Waals surface area contributed by atoms with Gasteiger partial charge >= 0.3 is 11.8 Å². The maximum absolute atomic E-state index is 11.8. The average molecular weight is 276 g/mol. The van der Waals surface area contributed by atoms with E-state index in [4.69, 9.17) is 0 Å². The molecule has 2 rings (SSSR count). The Labute approximate surface area is 118 Å². The number of nitrogens with one attached hydrogen (secondary N) is 2. The number of aryl methyl sites for hydroxylation is 1. The molecule has 1 aliphatic carbocycles. The Hall–Kier alpha value is -1.88. The van der Waals surface area contributed by atoms with E-state index in [0.717, 1.165) is 18.4 Å². The lowest BCUT2D eigenvalue weighted by atomic mass is 9.92. The highest BCUT2D eigenvalue weighted by molar-refractivity contribution is 6.39. The largest absolute Gasteiger partial charge is 0.391 e. The molecule has 1 fully saturated rings. The third kappa shape index (κ3) is 3.81. The van der Waals surface area contributed by atoms with Crippen molar-refractivity contribution in [2.45, 2.75) is 44.8 Å². The maximum Gasteiger partial charge on any atom is 0.313 e. The van der Waals surface area contributed by atoms with Gasteiger partial charge in [-0.3, -0.25) is 9.59 Å². The van der Waals surface area contributed by atoms with E-state index in [1.807, 2.05) is 19.1 Å². The third-order valence-electron chi connectivity index (χ3n) is 3.56. The SMILES string of the molecule is Cc1ccc(NC(=O)C(=O)N[C@@H]2CCCC[C@H]2O)cc1. The van der Waals surface area contributed by atoms with Gasteiger partial charge in [0.05, 0.1) is 12.1 Å². The fourth-order valence-electron chi connectivity index (χ4n) is 2.34. The summed E-state index contributed by atoms with van der Waals surface area (Å²) in [4.78, 5) is 23.6. The summed E-state index contributed by atoms with van der Waals surface area (Å²) in [7, 11) is 0. The molecule has 0 saturated heterocycles. The summed E-state index contributed by atoms with van der Waals surface area (Å²) in [6, 6.07) is 6.89. The highest BCUT2D eigenvalue weighted by Crippen LogP contribution is 2.18. The number of carbonyl (C=O) groups is 2. The molecule has 0 aliphatic heterocycles. The zero-order valence-electron chi connectivity index (χ0n) is 11.6. The zero-order chi connectivity index (χ0) is 14.5. The van der Waals surface area contributed by atoms with Crippen LogP contribution in [-0.4, -0.2) is 29.1 Å². The van der Waals surface area contributed by atoms with Crippen molar-refractivity contribution in [3.8, 4) is 0 Å². The molecular formula is C15H20N2O3. The number of hydrogen-bond donors (Lipinski definition) is 3. The number of rotatable bonds is 2. The van der Waals surface area contributed by atoms with Gasteiger partial charge in [0.15, 0.2) is 0 Å². The number of carbonyl (C=O) groups excluding carboxylic acids is 2. The predicted molar refractivity (Wildman–Crippen MR) is 76.2 cm³/mol. The molecule has 0 bridgehead atoms. The Morgan fingerprint density at radius 1 is 1.10 bits per heavy atom. The van der Waals surface area contributed by atoms with Crippen LogP contribution >= 0.6 is 0 Å². The van der Waals surface area contributed by atoms with Crippen molar-refractivity contribution in [2.75, 3.05) is 5.32 Å². The van der Waals surface area contributed by atoms with Crippen LogP contribution in [0.3, 0.4) is 0 Å². The van der Waals surface area contributed by atoms with Crippen LogP contribution < -0.4 is 10.6 Å². The summed E-state index contributed by atoms with van der Waals surface area (Å²) in [6.07, 6.45) is 2.75. The van der Waals surface area contributed by atoms with Gasteiger partial charge in [-0.1, -0.05) is 30.5 Å². The van der Waals surface area contributed by atoms with E-state index in [9.17, 15) is 14.7 Å². The van der Waals surface area contributed by atoms with Gasteiger partial charge in [0.25, 0.3) is 0 Å². The second-order valence-corrected chi connectivity index (χ2v) is 5.25. The second kappa shape index (κ2) is 6.52. The lowest BCUT2D eigenvalue weighted by Gasteiger charge is -2.27. The summed E-state index contributed by atoms with van der Waals surface area (Å²) >= 11 is 0. The first-order valence-corrected chi connectivity index (χ1v) is 6.93. The van der Waals surface area contributed by atoms with Crippen molar-refractivity contribution in [3.63, 3.8) is 0 Å². The number of anilines is 1. The standard InChI is InChI=1S/C15H20N2O3/c1-10-6-8-11(9-7-10)16-14(19)15(20)17-12-4-2-3-5-13(12)18/h6-9,12-13,18H,2-5H2,1H3,(H,16,19)(H,17,20)/t12-,13-/m1/s1. The van der Waals surface area contributed by atoms with Gasteiger partial charge in [0.2, 0.25) is 0 Å². The molecule has 5 nitrogen and oxygen atoms in total. The molecule has 3 N–H and O–H groups in total. The maximum atomic E-state index is 11.8. The lowest BCUT2D eigenvalue weighted by molar-refractivity contribution is -0.137. The molecule has 1 aromatic rings. The van der Waals surface area contributed by atoms with Crippen LogP contribution in [-0.2, 0) is 9.59 Å². The van der Waals surface area contributed by atoms with Gasteiger partial charge in [-0.2, -0.15) is 0 Å². The van der Waals surface area contributed by atoms with E-state index in [2.05, 4.69) is 10.6 Å². The Balaban J connectivity index is 1.88. The fourth-order valence-corrected chi connectivity index (χ4v) is 2.34. The van der Waals surface area contributed by atoms with Crippen LogP contribution in [0.4, 0.5) is 5.69 Å². The summed E-state index contributed by atoms with van der Waals surface area (Å²) < 4.78 is 0. The number of aliphatic hydroxyl groups excluding tert-OH is 1. The Kier molecular flexibility index (Phi) is 4.74. The molecule has 20 heavy (non-hydrogen) atoms. The molecule has 0 heterocycles. The Morgan fingerprint density at radius 3 is 2.40 bits per heavy atom. The van der Waals surface area contributed by atoms with E-state index in [1.54, 1.807) is 12.1 Å². The smallest absolute Gasteiger partial charge is 0.313 e. The van der Waals surface area contributed by atoms with Gasteiger partial charge in [-0.05, 0) is 31.9 Å². The van der Waals surface area contributed by atoms with Crippen LogP contribution in [0.5, 0.6) is 0 Å². The quantitative estimate of drug-likeness (QED) is 0.714. The molecule has 2 amide bonds.